The standard InChI is InChI=1S/C20H20ClN5O3S/c1-3-9-25-19(14-6-4-5-13(2)10-14)23-24-20(25)30-12-18(27)22-16-8-7-15(21)11-17(16)26(28)29/h4-8,10-11H,3,9,12H2,1-2H3,(H,22,27). The molecule has 0 spiro atoms. The first-order valence-corrected chi connectivity index (χ1v) is 10.6. The number of nitrogens with one attached hydrogen (secondary N) is 1. The summed E-state index contributed by atoms with van der Waals surface area (Å²) in [4.78, 5) is 23.0. The molecule has 0 aliphatic rings. The van der Waals surface area contributed by atoms with Gasteiger partial charge in [0.05, 0.1) is 10.7 Å². The van der Waals surface area contributed by atoms with Crippen LogP contribution in [0.15, 0.2) is 47.6 Å². The fraction of sp³-hybridized carbons (Fsp3) is 0.250. The summed E-state index contributed by atoms with van der Waals surface area (Å²) in [7, 11) is 0. The van der Waals surface area contributed by atoms with Gasteiger partial charge in [-0.05, 0) is 31.5 Å². The van der Waals surface area contributed by atoms with Crippen LogP contribution in [-0.4, -0.2) is 31.3 Å². The topological polar surface area (TPSA) is 103 Å². The van der Waals surface area contributed by atoms with Crippen molar-refractivity contribution in [3.63, 3.8) is 0 Å². The van der Waals surface area contributed by atoms with Crippen LogP contribution in [0, 0.1) is 17.0 Å². The minimum Gasteiger partial charge on any atom is -0.320 e. The summed E-state index contributed by atoms with van der Waals surface area (Å²) < 4.78 is 1.98. The van der Waals surface area contributed by atoms with Crippen LogP contribution >= 0.6 is 23.4 Å². The maximum absolute atomic E-state index is 12.4. The van der Waals surface area contributed by atoms with Crippen LogP contribution in [0.1, 0.15) is 18.9 Å². The molecule has 0 unspecified atom stereocenters. The Hall–Kier alpha value is -2.91. The Morgan fingerprint density at radius 2 is 2.07 bits per heavy atom. The van der Waals surface area contributed by atoms with Crippen molar-refractivity contribution < 1.29 is 9.72 Å². The third kappa shape index (κ3) is 5.17. The molecule has 0 saturated carbocycles. The quantitative estimate of drug-likeness (QED) is 0.298. The first-order chi connectivity index (χ1) is 14.4. The molecule has 1 aromatic heterocycles. The molecule has 1 N–H and O–H groups in total. The number of amides is 1. The van der Waals surface area contributed by atoms with E-state index in [0.29, 0.717) is 11.7 Å². The first-order valence-electron chi connectivity index (χ1n) is 9.26. The smallest absolute Gasteiger partial charge is 0.294 e. The molecule has 0 radical (unpaired) electrons. The molecule has 0 atom stereocenters. The summed E-state index contributed by atoms with van der Waals surface area (Å²) in [6.07, 6.45) is 0.883. The van der Waals surface area contributed by atoms with Gasteiger partial charge in [-0.1, -0.05) is 54.0 Å². The number of rotatable bonds is 8. The molecule has 10 heteroatoms. The number of carbonyl (C=O) groups excluding carboxylic acids is 1. The van der Waals surface area contributed by atoms with Crippen molar-refractivity contribution in [2.75, 3.05) is 11.1 Å². The summed E-state index contributed by atoms with van der Waals surface area (Å²) in [5, 5.41) is 23.2. The van der Waals surface area contributed by atoms with Crippen molar-refractivity contribution in [3.05, 3.63) is 63.2 Å². The normalized spacial score (nSPS) is 10.8. The Kier molecular flexibility index (Phi) is 7.07. The van der Waals surface area contributed by atoms with Crippen LogP contribution < -0.4 is 5.32 Å². The SMILES string of the molecule is CCCn1c(SCC(=O)Nc2ccc(Cl)cc2[N+](=O)[O-])nnc1-c1cccc(C)c1. The fourth-order valence-corrected chi connectivity index (χ4v) is 3.83. The zero-order chi connectivity index (χ0) is 21.7. The number of nitrogens with zero attached hydrogens (tertiary/aromatic N) is 4. The van der Waals surface area contributed by atoms with Crippen LogP contribution in [0.4, 0.5) is 11.4 Å². The molecule has 1 amide bonds. The van der Waals surface area contributed by atoms with Crippen molar-refractivity contribution in [1.82, 2.24) is 14.8 Å². The lowest BCUT2D eigenvalue weighted by molar-refractivity contribution is -0.383. The predicted octanol–water partition coefficient (Wildman–Crippen LogP) is 4.96. The van der Waals surface area contributed by atoms with Crippen LogP contribution in [0.5, 0.6) is 0 Å². The van der Waals surface area contributed by atoms with Gasteiger partial charge in [-0.3, -0.25) is 14.9 Å². The molecule has 0 saturated heterocycles. The van der Waals surface area contributed by atoms with E-state index in [1.807, 2.05) is 35.8 Å². The van der Waals surface area contributed by atoms with Gasteiger partial charge >= 0.3 is 0 Å². The molecule has 2 aromatic carbocycles. The predicted molar refractivity (Wildman–Crippen MR) is 118 cm³/mol. The molecule has 3 aromatic rings. The van der Waals surface area contributed by atoms with Gasteiger partial charge in [-0.15, -0.1) is 10.2 Å². The number of nitro groups is 1. The molecular weight excluding hydrogens is 426 g/mol. The summed E-state index contributed by atoms with van der Waals surface area (Å²) in [6, 6.07) is 12.1. The van der Waals surface area contributed by atoms with Gasteiger partial charge in [0.2, 0.25) is 5.91 Å². The second kappa shape index (κ2) is 9.73. The van der Waals surface area contributed by atoms with Crippen LogP contribution in [0.3, 0.4) is 0 Å². The highest BCUT2D eigenvalue weighted by Crippen LogP contribution is 2.29. The van der Waals surface area contributed by atoms with E-state index < -0.39 is 4.92 Å². The number of hydrogen-bond acceptors (Lipinski definition) is 6. The number of aromatic nitrogens is 3. The highest BCUT2D eigenvalue weighted by Gasteiger charge is 2.18. The zero-order valence-corrected chi connectivity index (χ0v) is 18.0. The number of benzene rings is 2. The molecule has 8 nitrogen and oxygen atoms in total. The molecule has 0 aliphatic heterocycles. The summed E-state index contributed by atoms with van der Waals surface area (Å²) >= 11 is 7.04. The van der Waals surface area contributed by atoms with Crippen molar-refractivity contribution >= 4 is 40.6 Å². The summed E-state index contributed by atoms with van der Waals surface area (Å²) in [5.41, 5.74) is 1.93. The average molecular weight is 446 g/mol. The lowest BCUT2D eigenvalue weighted by atomic mass is 10.1. The van der Waals surface area contributed by atoms with E-state index in [1.165, 1.54) is 30.0 Å². The minimum absolute atomic E-state index is 0.0371. The molecule has 0 fully saturated rings. The molecule has 1 heterocycles. The fourth-order valence-electron chi connectivity index (χ4n) is 2.90. The van der Waals surface area contributed by atoms with Crippen molar-refractivity contribution in [2.45, 2.75) is 32.0 Å². The van der Waals surface area contributed by atoms with E-state index in [1.54, 1.807) is 0 Å². The van der Waals surface area contributed by atoms with Crippen LogP contribution in [-0.2, 0) is 11.3 Å². The van der Waals surface area contributed by atoms with E-state index in [2.05, 4.69) is 22.4 Å². The maximum atomic E-state index is 12.4. The number of nitro benzene ring substituents is 1. The van der Waals surface area contributed by atoms with Crippen LogP contribution in [0.25, 0.3) is 11.4 Å². The Bertz CT molecular complexity index is 1090. The maximum Gasteiger partial charge on any atom is 0.294 e. The number of hydrogen-bond donors (Lipinski definition) is 1. The summed E-state index contributed by atoms with van der Waals surface area (Å²) in [6.45, 7) is 4.78. The molecule has 3 rings (SSSR count). The number of thioether (sulfide) groups is 1. The van der Waals surface area contributed by atoms with Gasteiger partial charge in [0.25, 0.3) is 5.69 Å². The zero-order valence-electron chi connectivity index (χ0n) is 16.5. The molecule has 0 bridgehead atoms. The number of anilines is 1. The van der Waals surface area contributed by atoms with E-state index in [-0.39, 0.29) is 28.1 Å². The van der Waals surface area contributed by atoms with Crippen molar-refractivity contribution in [3.8, 4) is 11.4 Å². The van der Waals surface area contributed by atoms with E-state index >= 15 is 0 Å². The Labute approximate surface area is 182 Å². The van der Waals surface area contributed by atoms with Gasteiger partial charge in [-0.25, -0.2) is 0 Å². The van der Waals surface area contributed by atoms with Crippen molar-refractivity contribution in [2.24, 2.45) is 0 Å². The van der Waals surface area contributed by atoms with E-state index in [9.17, 15) is 14.9 Å². The Balaban J connectivity index is 1.74. The van der Waals surface area contributed by atoms with Crippen LogP contribution in [0.2, 0.25) is 5.02 Å². The highest BCUT2D eigenvalue weighted by atomic mass is 35.5. The van der Waals surface area contributed by atoms with Gasteiger partial charge in [0.15, 0.2) is 11.0 Å². The van der Waals surface area contributed by atoms with Gasteiger partial charge < -0.3 is 9.88 Å². The second-order valence-electron chi connectivity index (χ2n) is 6.58. The molecule has 30 heavy (non-hydrogen) atoms. The van der Waals surface area contributed by atoms with Gasteiger partial charge in [0.1, 0.15) is 5.69 Å². The average Bonchev–Trinajstić information content (AvgIpc) is 3.10. The van der Waals surface area contributed by atoms with Crippen molar-refractivity contribution in [1.29, 1.82) is 0 Å². The van der Waals surface area contributed by atoms with Gasteiger partial charge in [-0.2, -0.15) is 0 Å². The lowest BCUT2D eigenvalue weighted by Crippen LogP contribution is -2.15. The first kappa shape index (κ1) is 21.8. The molecule has 0 aliphatic carbocycles. The third-order valence-corrected chi connectivity index (χ3v) is 5.41. The summed E-state index contributed by atoms with van der Waals surface area (Å²) in [5.74, 6) is 0.403. The monoisotopic (exact) mass is 445 g/mol. The Morgan fingerprint density at radius 3 is 2.77 bits per heavy atom. The lowest BCUT2D eigenvalue weighted by Gasteiger charge is -2.10. The van der Waals surface area contributed by atoms with Gasteiger partial charge in [0, 0.05) is 23.2 Å². The largest absolute Gasteiger partial charge is 0.320 e. The number of carbonyl (C=O) groups is 1. The third-order valence-electron chi connectivity index (χ3n) is 4.20. The second-order valence-corrected chi connectivity index (χ2v) is 7.96. The Morgan fingerprint density at radius 1 is 1.27 bits per heavy atom. The molecular formula is C20H20ClN5O3S. The highest BCUT2D eigenvalue weighted by molar-refractivity contribution is 7.99. The minimum atomic E-state index is -0.583. The molecule has 156 valence electrons. The number of halogens is 1. The van der Waals surface area contributed by atoms with E-state index in [0.717, 1.165) is 23.4 Å². The van der Waals surface area contributed by atoms with E-state index in [4.69, 9.17) is 11.6 Å². The number of aryl methyl sites for hydroxylation is 1.